The summed E-state index contributed by atoms with van der Waals surface area (Å²) in [6, 6.07) is 7.31. The molecule has 25 heavy (non-hydrogen) atoms. The highest BCUT2D eigenvalue weighted by Gasteiger charge is 2.33. The molecule has 0 radical (unpaired) electrons. The molecular weight excluding hydrogens is 452 g/mol. The van der Waals surface area contributed by atoms with E-state index in [1.54, 1.807) is 12.1 Å². The average molecular weight is 477 g/mol. The normalized spacial score (nSPS) is 20.0. The van der Waals surface area contributed by atoms with Crippen LogP contribution in [0.3, 0.4) is 0 Å². The van der Waals surface area contributed by atoms with Gasteiger partial charge in [-0.2, -0.15) is 0 Å². The first-order valence-corrected chi connectivity index (χ1v) is 11.5. The van der Waals surface area contributed by atoms with E-state index in [0.29, 0.717) is 12.3 Å². The largest absolute Gasteiger partial charge is 0.478 e. The van der Waals surface area contributed by atoms with Crippen LogP contribution in [0, 0.1) is 9.49 Å². The summed E-state index contributed by atoms with van der Waals surface area (Å²) >= 11 is 2.11. The van der Waals surface area contributed by atoms with Crippen LogP contribution in [0.2, 0.25) is 0 Å². The second-order valence-corrected chi connectivity index (χ2v) is 10.4. The van der Waals surface area contributed by atoms with Crippen LogP contribution in [-0.2, 0) is 9.36 Å². The molecule has 0 aromatic heterocycles. The lowest BCUT2D eigenvalue weighted by molar-refractivity contribution is -0.132. The summed E-state index contributed by atoms with van der Waals surface area (Å²) < 4.78 is 13.6. The van der Waals surface area contributed by atoms with Crippen LogP contribution in [0.1, 0.15) is 44.1 Å². The Morgan fingerprint density at radius 2 is 1.96 bits per heavy atom. The smallest absolute Gasteiger partial charge is 0.332 e. The summed E-state index contributed by atoms with van der Waals surface area (Å²) in [7, 11) is -3.79. The number of carboxylic acid groups (broad SMARTS) is 1. The van der Waals surface area contributed by atoms with E-state index >= 15 is 0 Å². The minimum absolute atomic E-state index is 0.0750. The van der Waals surface area contributed by atoms with E-state index < -0.39 is 25.3 Å². The summed E-state index contributed by atoms with van der Waals surface area (Å²) in [6.45, 7) is 0. The number of carboxylic acids is 1. The van der Waals surface area contributed by atoms with Gasteiger partial charge in [0, 0.05) is 9.14 Å². The van der Waals surface area contributed by atoms with E-state index in [1.165, 1.54) is 12.5 Å². The van der Waals surface area contributed by atoms with Crippen molar-refractivity contribution in [3.05, 3.63) is 39.0 Å². The zero-order valence-corrected chi connectivity index (χ0v) is 17.2. The van der Waals surface area contributed by atoms with Crippen LogP contribution in [0.5, 0.6) is 0 Å². The van der Waals surface area contributed by atoms with Gasteiger partial charge >= 0.3 is 5.97 Å². The van der Waals surface area contributed by atoms with Gasteiger partial charge in [0.05, 0.1) is 11.9 Å². The van der Waals surface area contributed by atoms with Crippen molar-refractivity contribution in [1.29, 1.82) is 0 Å². The first-order valence-electron chi connectivity index (χ1n) is 8.55. The molecule has 0 bridgehead atoms. The average Bonchev–Trinajstić information content (AvgIpc) is 2.56. The predicted molar refractivity (Wildman–Crippen MR) is 109 cm³/mol. The number of hydrogen-bond donors (Lipinski definition) is 3. The first kappa shape index (κ1) is 20.6. The molecule has 1 fully saturated rings. The van der Waals surface area contributed by atoms with Crippen LogP contribution in [-0.4, -0.2) is 27.9 Å². The Hall–Kier alpha value is -0.690. The molecule has 0 heterocycles. The van der Waals surface area contributed by atoms with Crippen LogP contribution in [0.4, 0.5) is 0 Å². The molecule has 5 nitrogen and oxygen atoms in total. The molecule has 1 aliphatic rings. The van der Waals surface area contributed by atoms with Gasteiger partial charge in [0.1, 0.15) is 0 Å². The Labute approximate surface area is 162 Å². The van der Waals surface area contributed by atoms with Crippen molar-refractivity contribution < 1.29 is 19.4 Å². The summed E-state index contributed by atoms with van der Waals surface area (Å²) in [4.78, 5) is 22.0. The van der Waals surface area contributed by atoms with Crippen LogP contribution in [0.15, 0.2) is 29.8 Å². The van der Waals surface area contributed by atoms with Gasteiger partial charge in [-0.1, -0.05) is 50.3 Å². The number of carbonyl (C=O) groups is 1. The highest BCUT2D eigenvalue weighted by atomic mass is 127. The number of nitrogens with two attached hydrogens (primary N) is 1. The Morgan fingerprint density at radius 1 is 1.32 bits per heavy atom. The molecule has 0 aliphatic heterocycles. The quantitative estimate of drug-likeness (QED) is 0.309. The number of hydrogen-bond acceptors (Lipinski definition) is 3. The van der Waals surface area contributed by atoms with Crippen LogP contribution < -0.4 is 5.73 Å². The molecule has 2 rings (SSSR count). The third-order valence-electron chi connectivity index (χ3n) is 4.72. The Balaban J connectivity index is 2.12. The number of benzene rings is 1. The van der Waals surface area contributed by atoms with Crippen LogP contribution in [0.25, 0.3) is 6.08 Å². The molecule has 1 aromatic carbocycles. The molecular formula is C18H25INO4P. The lowest BCUT2D eigenvalue weighted by atomic mass is 9.87. The molecule has 138 valence electrons. The van der Waals surface area contributed by atoms with Crippen molar-refractivity contribution in [2.45, 2.75) is 44.3 Å². The molecule has 4 N–H and O–H groups in total. The molecule has 1 saturated carbocycles. The number of aliphatic carboxylic acids is 1. The maximum atomic E-state index is 12.7. The van der Waals surface area contributed by atoms with Crippen molar-refractivity contribution in [2.24, 2.45) is 11.7 Å². The Morgan fingerprint density at radius 3 is 2.56 bits per heavy atom. The maximum Gasteiger partial charge on any atom is 0.332 e. The topological polar surface area (TPSA) is 101 Å². The van der Waals surface area contributed by atoms with Crippen LogP contribution >= 0.6 is 30.0 Å². The molecule has 0 saturated heterocycles. The van der Waals surface area contributed by atoms with Crippen molar-refractivity contribution in [2.75, 3.05) is 6.16 Å². The zero-order valence-electron chi connectivity index (χ0n) is 14.1. The standard InChI is InChI=1S/C18H25INO4P/c19-16-9-5-4-8-14(16)11-15(18(21)22)12-25(23,24)17(20)10-13-6-2-1-3-7-13/h4-5,8-9,11,13,17H,1-3,6-7,10,12,20H2,(H,21,22)(H,23,24)/b15-11-. The second kappa shape index (κ2) is 9.31. The zero-order chi connectivity index (χ0) is 18.4. The minimum Gasteiger partial charge on any atom is -0.478 e. The molecule has 2 unspecified atom stereocenters. The van der Waals surface area contributed by atoms with E-state index in [-0.39, 0.29) is 5.57 Å². The van der Waals surface area contributed by atoms with Gasteiger partial charge in [-0.3, -0.25) is 4.57 Å². The second-order valence-electron chi connectivity index (χ2n) is 6.72. The predicted octanol–water partition coefficient (Wildman–Crippen LogP) is 4.28. The van der Waals surface area contributed by atoms with Gasteiger partial charge in [-0.05, 0) is 52.6 Å². The summed E-state index contributed by atoms with van der Waals surface area (Å²) in [5, 5.41) is 9.45. The summed E-state index contributed by atoms with van der Waals surface area (Å²) in [5.41, 5.74) is 6.67. The monoisotopic (exact) mass is 477 g/mol. The fourth-order valence-corrected chi connectivity index (χ4v) is 5.37. The first-order chi connectivity index (χ1) is 11.8. The van der Waals surface area contributed by atoms with E-state index in [0.717, 1.165) is 34.8 Å². The highest BCUT2D eigenvalue weighted by Crippen LogP contribution is 2.49. The Bertz CT molecular complexity index is 685. The fourth-order valence-electron chi connectivity index (χ4n) is 3.25. The maximum absolute atomic E-state index is 12.7. The molecule has 0 spiro atoms. The van der Waals surface area contributed by atoms with E-state index in [2.05, 4.69) is 22.6 Å². The summed E-state index contributed by atoms with van der Waals surface area (Å²) in [6.07, 6.45) is 7.13. The van der Waals surface area contributed by atoms with E-state index in [1.807, 2.05) is 12.1 Å². The lowest BCUT2D eigenvalue weighted by Gasteiger charge is -2.27. The molecule has 7 heteroatoms. The SMILES string of the molecule is NC(CC1CCCCC1)P(=O)(O)C/C(=C/c1ccccc1I)C(=O)O. The number of halogens is 1. The van der Waals surface area contributed by atoms with Gasteiger partial charge in [-0.15, -0.1) is 0 Å². The van der Waals surface area contributed by atoms with Crippen molar-refractivity contribution in [3.63, 3.8) is 0 Å². The van der Waals surface area contributed by atoms with Crippen molar-refractivity contribution in [3.8, 4) is 0 Å². The van der Waals surface area contributed by atoms with Gasteiger partial charge in [0.15, 0.2) is 0 Å². The molecule has 0 amide bonds. The fraction of sp³-hybridized carbons (Fsp3) is 0.500. The highest BCUT2D eigenvalue weighted by molar-refractivity contribution is 14.1. The minimum atomic E-state index is -3.79. The molecule has 2 atom stereocenters. The van der Waals surface area contributed by atoms with E-state index in [4.69, 9.17) is 5.73 Å². The Kier molecular flexibility index (Phi) is 7.68. The van der Waals surface area contributed by atoms with Crippen molar-refractivity contribution >= 4 is 42.0 Å². The third kappa shape index (κ3) is 6.20. The lowest BCUT2D eigenvalue weighted by Crippen LogP contribution is -2.27. The van der Waals surface area contributed by atoms with Gasteiger partial charge < -0.3 is 15.7 Å². The summed E-state index contributed by atoms with van der Waals surface area (Å²) in [5.74, 6) is -1.68. The molecule has 1 aliphatic carbocycles. The molecule has 1 aromatic rings. The van der Waals surface area contributed by atoms with Crippen molar-refractivity contribution in [1.82, 2.24) is 0 Å². The third-order valence-corrected chi connectivity index (χ3v) is 7.75. The van der Waals surface area contributed by atoms with E-state index in [9.17, 15) is 19.4 Å². The van der Waals surface area contributed by atoms with Gasteiger partial charge in [0.2, 0.25) is 7.37 Å². The number of rotatable bonds is 7. The van der Waals surface area contributed by atoms with Gasteiger partial charge in [0.25, 0.3) is 0 Å². The van der Waals surface area contributed by atoms with Gasteiger partial charge in [-0.25, -0.2) is 4.79 Å².